The summed E-state index contributed by atoms with van der Waals surface area (Å²) >= 11 is 0. The van der Waals surface area contributed by atoms with Gasteiger partial charge in [0.05, 0.1) is 0 Å². The average Bonchev–Trinajstić information content (AvgIpc) is 3.04. The van der Waals surface area contributed by atoms with Crippen molar-refractivity contribution in [2.24, 2.45) is 0 Å². The van der Waals surface area contributed by atoms with Gasteiger partial charge < -0.3 is 9.80 Å². The molecule has 0 bridgehead atoms. The van der Waals surface area contributed by atoms with Crippen molar-refractivity contribution >= 4 is 42.9 Å². The van der Waals surface area contributed by atoms with Gasteiger partial charge in [-0.3, -0.25) is 9.59 Å². The number of hydrogen-bond acceptors (Lipinski definition) is 4. The zero-order chi connectivity index (χ0) is 16.8. The van der Waals surface area contributed by atoms with Crippen molar-refractivity contribution in [3.8, 4) is 0 Å². The first-order chi connectivity index (χ1) is 10.8. The molecule has 0 radical (unpaired) electrons. The minimum Gasteiger partial charge on any atom is -0.312 e. The van der Waals surface area contributed by atoms with Crippen LogP contribution in [-0.2, 0) is 18.6 Å². The summed E-state index contributed by atoms with van der Waals surface area (Å²) in [5, 5.41) is -0.878. The number of anilines is 2. The zero-order valence-corrected chi connectivity index (χ0v) is 14.2. The molecule has 1 atom stereocenters. The van der Waals surface area contributed by atoms with Crippen LogP contribution in [0, 0.1) is 6.92 Å². The summed E-state index contributed by atoms with van der Waals surface area (Å²) in [6.45, 7) is 2.64. The summed E-state index contributed by atoms with van der Waals surface area (Å²) in [6, 6.07) is 5.36. The van der Waals surface area contributed by atoms with Crippen LogP contribution in [0.2, 0.25) is 0 Å². The van der Waals surface area contributed by atoms with E-state index >= 15 is 0 Å². The zero-order valence-electron chi connectivity index (χ0n) is 12.7. The Kier molecular flexibility index (Phi) is 4.10. The van der Waals surface area contributed by atoms with Crippen LogP contribution in [-0.4, -0.2) is 38.6 Å². The molecule has 0 saturated carbocycles. The van der Waals surface area contributed by atoms with Crippen LogP contribution < -0.4 is 9.80 Å². The van der Waals surface area contributed by atoms with Gasteiger partial charge >= 0.3 is 0 Å². The minimum atomic E-state index is -3.76. The predicted octanol–water partition coefficient (Wildman–Crippen LogP) is 1.80. The van der Waals surface area contributed by atoms with E-state index in [1.807, 2.05) is 19.1 Å². The third kappa shape index (κ3) is 3.07. The molecule has 2 saturated heterocycles. The fourth-order valence-corrected chi connectivity index (χ4v) is 4.15. The molecule has 2 aliphatic heterocycles. The highest BCUT2D eigenvalue weighted by molar-refractivity contribution is 8.14. The molecule has 2 heterocycles. The SMILES string of the molecule is Cc1cc(N2CC(S(=O)(=O)Cl)CC2=O)ccc1N1CCCC1=O. The monoisotopic (exact) mass is 356 g/mol. The molecular weight excluding hydrogens is 340 g/mol. The number of benzene rings is 1. The number of nitrogens with zero attached hydrogens (tertiary/aromatic N) is 2. The third-order valence-electron chi connectivity index (χ3n) is 4.34. The van der Waals surface area contributed by atoms with Crippen molar-refractivity contribution in [2.75, 3.05) is 22.9 Å². The van der Waals surface area contributed by atoms with Crippen molar-refractivity contribution in [3.05, 3.63) is 23.8 Å². The lowest BCUT2D eigenvalue weighted by Gasteiger charge is -2.22. The van der Waals surface area contributed by atoms with Crippen LogP contribution in [0.5, 0.6) is 0 Å². The normalized spacial score (nSPS) is 22.3. The van der Waals surface area contributed by atoms with Gasteiger partial charge in [0, 0.05) is 48.0 Å². The number of amides is 2. The highest BCUT2D eigenvalue weighted by Gasteiger charge is 2.38. The van der Waals surface area contributed by atoms with E-state index in [4.69, 9.17) is 10.7 Å². The van der Waals surface area contributed by atoms with E-state index in [-0.39, 0.29) is 24.8 Å². The summed E-state index contributed by atoms with van der Waals surface area (Å²) < 4.78 is 22.9. The van der Waals surface area contributed by atoms with Crippen LogP contribution in [0.3, 0.4) is 0 Å². The van der Waals surface area contributed by atoms with Crippen LogP contribution in [0.1, 0.15) is 24.8 Å². The molecule has 1 unspecified atom stereocenters. The van der Waals surface area contributed by atoms with Crippen LogP contribution in [0.25, 0.3) is 0 Å². The van der Waals surface area contributed by atoms with E-state index in [0.29, 0.717) is 18.7 Å². The van der Waals surface area contributed by atoms with E-state index in [2.05, 4.69) is 0 Å². The van der Waals surface area contributed by atoms with Crippen molar-refractivity contribution in [2.45, 2.75) is 31.4 Å². The Morgan fingerprint density at radius 1 is 1.17 bits per heavy atom. The van der Waals surface area contributed by atoms with E-state index in [1.165, 1.54) is 4.90 Å². The van der Waals surface area contributed by atoms with E-state index in [9.17, 15) is 18.0 Å². The number of rotatable bonds is 3. The van der Waals surface area contributed by atoms with Gasteiger partial charge in [0.1, 0.15) is 5.25 Å². The van der Waals surface area contributed by atoms with Gasteiger partial charge in [-0.2, -0.15) is 0 Å². The number of carbonyl (C=O) groups excluding carboxylic acids is 2. The van der Waals surface area contributed by atoms with Gasteiger partial charge in [0.25, 0.3) is 0 Å². The van der Waals surface area contributed by atoms with Gasteiger partial charge in [-0.1, -0.05) is 0 Å². The standard InChI is InChI=1S/C15H17ClN2O4S/c1-10-7-11(4-5-13(10)17-6-2-3-14(17)19)18-9-12(8-15(18)20)23(16,21)22/h4-5,7,12H,2-3,6,8-9H2,1H3. The van der Waals surface area contributed by atoms with Gasteiger partial charge in [0.15, 0.2) is 0 Å². The van der Waals surface area contributed by atoms with Crippen LogP contribution in [0.15, 0.2) is 18.2 Å². The van der Waals surface area contributed by atoms with Crippen LogP contribution >= 0.6 is 10.7 Å². The molecule has 0 spiro atoms. The number of carbonyl (C=O) groups is 2. The molecule has 0 aliphatic carbocycles. The van der Waals surface area contributed by atoms with Crippen molar-refractivity contribution < 1.29 is 18.0 Å². The van der Waals surface area contributed by atoms with Crippen molar-refractivity contribution in [1.29, 1.82) is 0 Å². The van der Waals surface area contributed by atoms with Crippen molar-refractivity contribution in [1.82, 2.24) is 0 Å². The molecular formula is C15H17ClN2O4S. The topological polar surface area (TPSA) is 74.8 Å². The lowest BCUT2D eigenvalue weighted by Crippen LogP contribution is -2.27. The van der Waals surface area contributed by atoms with Gasteiger partial charge in [-0.25, -0.2) is 8.42 Å². The molecule has 2 amide bonds. The predicted molar refractivity (Wildman–Crippen MR) is 88.3 cm³/mol. The molecule has 124 valence electrons. The molecule has 1 aromatic carbocycles. The smallest absolute Gasteiger partial charge is 0.237 e. The molecule has 3 rings (SSSR count). The van der Waals surface area contributed by atoms with Crippen molar-refractivity contribution in [3.63, 3.8) is 0 Å². The Bertz CT molecular complexity index is 778. The Morgan fingerprint density at radius 2 is 1.91 bits per heavy atom. The first-order valence-electron chi connectivity index (χ1n) is 7.42. The maximum absolute atomic E-state index is 12.1. The van der Waals surface area contributed by atoms with Gasteiger partial charge in [0.2, 0.25) is 20.9 Å². The number of hydrogen-bond donors (Lipinski definition) is 0. The molecule has 0 N–H and O–H groups in total. The van der Waals surface area contributed by atoms with Crippen LogP contribution in [0.4, 0.5) is 11.4 Å². The largest absolute Gasteiger partial charge is 0.312 e. The third-order valence-corrected chi connectivity index (χ3v) is 6.21. The summed E-state index contributed by atoms with van der Waals surface area (Å²) in [7, 11) is 1.61. The summed E-state index contributed by atoms with van der Waals surface area (Å²) in [4.78, 5) is 27.1. The Labute approximate surface area is 139 Å². The molecule has 0 aromatic heterocycles. The second-order valence-corrected chi connectivity index (χ2v) is 8.83. The van der Waals surface area contributed by atoms with E-state index < -0.39 is 14.3 Å². The molecule has 2 aliphatic rings. The second kappa shape index (κ2) is 5.79. The highest BCUT2D eigenvalue weighted by atomic mass is 35.7. The minimum absolute atomic E-state index is 0.0616. The Hall–Kier alpha value is -1.60. The summed E-state index contributed by atoms with van der Waals surface area (Å²) in [5.41, 5.74) is 2.35. The molecule has 23 heavy (non-hydrogen) atoms. The number of aryl methyl sites for hydroxylation is 1. The Morgan fingerprint density at radius 3 is 2.43 bits per heavy atom. The maximum Gasteiger partial charge on any atom is 0.237 e. The summed E-state index contributed by atoms with van der Waals surface area (Å²) in [6.07, 6.45) is 1.30. The Balaban J connectivity index is 1.86. The molecule has 6 nitrogen and oxygen atoms in total. The fourth-order valence-electron chi connectivity index (χ4n) is 3.13. The van der Waals surface area contributed by atoms with Gasteiger partial charge in [-0.15, -0.1) is 0 Å². The lowest BCUT2D eigenvalue weighted by atomic mass is 10.1. The number of halogens is 1. The van der Waals surface area contributed by atoms with Gasteiger partial charge in [-0.05, 0) is 37.1 Å². The molecule has 1 aromatic rings. The maximum atomic E-state index is 12.1. The first-order valence-corrected chi connectivity index (χ1v) is 9.79. The second-order valence-electron chi connectivity index (χ2n) is 5.93. The quantitative estimate of drug-likeness (QED) is 0.774. The highest BCUT2D eigenvalue weighted by Crippen LogP contribution is 2.32. The lowest BCUT2D eigenvalue weighted by molar-refractivity contribution is -0.117. The average molecular weight is 357 g/mol. The first kappa shape index (κ1) is 16.3. The fraction of sp³-hybridized carbons (Fsp3) is 0.467. The molecule has 8 heteroatoms. The van der Waals surface area contributed by atoms with E-state index in [1.54, 1.807) is 11.0 Å². The van der Waals surface area contributed by atoms with E-state index in [0.717, 1.165) is 17.7 Å². The molecule has 2 fully saturated rings. The summed E-state index contributed by atoms with van der Waals surface area (Å²) in [5.74, 6) is -0.157.